The number of isothiocyanates is 1. The molecule has 0 fully saturated rings. The van der Waals surface area contributed by atoms with E-state index in [1.54, 1.807) is 31.3 Å². The third-order valence-corrected chi connectivity index (χ3v) is 2.53. The van der Waals surface area contributed by atoms with E-state index in [1.165, 1.54) is 0 Å². The topological polar surface area (TPSA) is 64.8 Å². The maximum atomic E-state index is 9.94. The molecule has 2 atom stereocenters. The summed E-state index contributed by atoms with van der Waals surface area (Å²) in [5.74, 6) is 0. The molecule has 92 valence electrons. The quantitative estimate of drug-likeness (QED) is 0.529. The number of hydrogen-bond donors (Lipinski definition) is 3. The number of hydrogen-bond acceptors (Lipinski definition) is 5. The Balaban J connectivity index is 2.77. The van der Waals surface area contributed by atoms with E-state index < -0.39 is 12.2 Å². The van der Waals surface area contributed by atoms with Crippen molar-refractivity contribution in [2.75, 3.05) is 13.6 Å². The van der Waals surface area contributed by atoms with E-state index in [4.69, 9.17) is 0 Å². The van der Waals surface area contributed by atoms with Gasteiger partial charge in [0.25, 0.3) is 0 Å². The smallest absolute Gasteiger partial charge is 0.105 e. The molecule has 2 unspecified atom stereocenters. The van der Waals surface area contributed by atoms with Crippen LogP contribution in [0.15, 0.2) is 29.3 Å². The van der Waals surface area contributed by atoms with Gasteiger partial charge < -0.3 is 15.5 Å². The third-order valence-electron chi connectivity index (χ3n) is 2.44. The highest BCUT2D eigenvalue weighted by molar-refractivity contribution is 7.78. The van der Waals surface area contributed by atoms with Gasteiger partial charge in [0.2, 0.25) is 0 Å². The Morgan fingerprint density at radius 2 is 2.24 bits per heavy atom. The Morgan fingerprint density at radius 3 is 2.88 bits per heavy atom. The predicted molar refractivity (Wildman–Crippen MR) is 70.6 cm³/mol. The first kappa shape index (κ1) is 14.0. The van der Waals surface area contributed by atoms with Crippen LogP contribution in [0, 0.1) is 0 Å². The summed E-state index contributed by atoms with van der Waals surface area (Å²) in [7, 11) is 1.80. The van der Waals surface area contributed by atoms with E-state index in [-0.39, 0.29) is 0 Å². The second kappa shape index (κ2) is 7.27. The molecule has 0 aromatic heterocycles. The number of rotatable bonds is 6. The van der Waals surface area contributed by atoms with Crippen molar-refractivity contribution >= 4 is 23.1 Å². The van der Waals surface area contributed by atoms with Crippen LogP contribution in [-0.4, -0.2) is 35.1 Å². The molecule has 0 heterocycles. The van der Waals surface area contributed by atoms with Crippen LogP contribution in [0.5, 0.6) is 0 Å². The average molecular weight is 252 g/mol. The van der Waals surface area contributed by atoms with Gasteiger partial charge >= 0.3 is 0 Å². The standard InChI is InChI=1S/C12H16N2O2S/c1-13-6-5-11(15)12(16)9-3-2-4-10(7-9)14-8-17/h2-4,7,11-13,15-16H,5-6H2,1H3. The summed E-state index contributed by atoms with van der Waals surface area (Å²) in [6.07, 6.45) is -1.23. The molecule has 1 rings (SSSR count). The molecule has 0 spiro atoms. The lowest BCUT2D eigenvalue weighted by molar-refractivity contribution is 0.0140. The maximum absolute atomic E-state index is 9.94. The van der Waals surface area contributed by atoms with Crippen molar-refractivity contribution in [2.45, 2.75) is 18.6 Å². The molecular weight excluding hydrogens is 236 g/mol. The van der Waals surface area contributed by atoms with Crippen LogP contribution >= 0.6 is 12.2 Å². The minimum Gasteiger partial charge on any atom is -0.390 e. The van der Waals surface area contributed by atoms with Gasteiger partial charge in [-0.3, -0.25) is 0 Å². The SMILES string of the molecule is CNCCC(O)C(O)c1cccc(N=C=S)c1. The van der Waals surface area contributed by atoms with Crippen molar-refractivity contribution in [3.05, 3.63) is 29.8 Å². The van der Waals surface area contributed by atoms with Crippen LogP contribution in [0.1, 0.15) is 18.1 Å². The highest BCUT2D eigenvalue weighted by Gasteiger charge is 2.17. The highest BCUT2D eigenvalue weighted by atomic mass is 32.1. The number of nitrogens with one attached hydrogen (secondary N) is 1. The molecule has 0 bridgehead atoms. The van der Waals surface area contributed by atoms with Crippen LogP contribution in [0.4, 0.5) is 5.69 Å². The first-order valence-corrected chi connectivity index (χ1v) is 5.78. The Bertz CT molecular complexity index is 405. The number of aliphatic imine (C=N–C) groups is 1. The van der Waals surface area contributed by atoms with E-state index >= 15 is 0 Å². The van der Waals surface area contributed by atoms with Gasteiger partial charge in [0.1, 0.15) is 6.10 Å². The maximum Gasteiger partial charge on any atom is 0.105 e. The first-order valence-electron chi connectivity index (χ1n) is 5.37. The zero-order chi connectivity index (χ0) is 12.7. The number of thiocarbonyl (C=S) groups is 1. The molecule has 0 saturated heterocycles. The van der Waals surface area contributed by atoms with Crippen molar-refractivity contribution in [3.63, 3.8) is 0 Å². The summed E-state index contributed by atoms with van der Waals surface area (Å²) in [5, 5.41) is 24.9. The lowest BCUT2D eigenvalue weighted by Gasteiger charge is -2.18. The van der Waals surface area contributed by atoms with E-state index in [0.717, 1.165) is 0 Å². The number of nitrogens with zero attached hydrogens (tertiary/aromatic N) is 1. The fraction of sp³-hybridized carbons (Fsp3) is 0.417. The van der Waals surface area contributed by atoms with Crippen LogP contribution in [0.2, 0.25) is 0 Å². The van der Waals surface area contributed by atoms with Gasteiger partial charge in [0, 0.05) is 0 Å². The van der Waals surface area contributed by atoms with Gasteiger partial charge in [-0.25, -0.2) is 0 Å². The number of aliphatic hydroxyl groups excluding tert-OH is 2. The number of benzene rings is 1. The second-order valence-electron chi connectivity index (χ2n) is 3.70. The van der Waals surface area contributed by atoms with Gasteiger partial charge in [-0.15, -0.1) is 0 Å². The predicted octanol–water partition coefficient (Wildman–Crippen LogP) is 1.42. The Hall–Kier alpha value is -1.10. The van der Waals surface area contributed by atoms with Crippen molar-refractivity contribution in [1.82, 2.24) is 5.32 Å². The Labute approximate surface area is 106 Å². The van der Waals surface area contributed by atoms with Gasteiger partial charge in [0.05, 0.1) is 17.0 Å². The summed E-state index contributed by atoms with van der Waals surface area (Å²) in [4.78, 5) is 3.83. The average Bonchev–Trinajstić information content (AvgIpc) is 2.35. The lowest BCUT2D eigenvalue weighted by atomic mass is 10.0. The van der Waals surface area contributed by atoms with Crippen LogP contribution in [-0.2, 0) is 0 Å². The first-order chi connectivity index (χ1) is 8.19. The fourth-order valence-corrected chi connectivity index (χ4v) is 1.61. The molecule has 17 heavy (non-hydrogen) atoms. The third kappa shape index (κ3) is 4.34. The van der Waals surface area contributed by atoms with Crippen LogP contribution in [0.25, 0.3) is 0 Å². The minimum absolute atomic E-state index is 0.484. The zero-order valence-electron chi connectivity index (χ0n) is 9.63. The largest absolute Gasteiger partial charge is 0.390 e. The molecule has 0 aliphatic heterocycles. The zero-order valence-corrected chi connectivity index (χ0v) is 10.4. The number of aliphatic hydroxyl groups is 2. The molecule has 0 aliphatic rings. The summed E-state index contributed by atoms with van der Waals surface area (Å²) >= 11 is 4.52. The normalized spacial score (nSPS) is 13.8. The van der Waals surface area contributed by atoms with Gasteiger partial charge in [-0.05, 0) is 49.9 Å². The summed E-state index contributed by atoms with van der Waals surface area (Å²) in [6, 6.07) is 6.95. The van der Waals surface area contributed by atoms with Crippen molar-refractivity contribution in [2.24, 2.45) is 4.99 Å². The van der Waals surface area contributed by atoms with E-state index in [2.05, 4.69) is 27.7 Å². The Kier molecular flexibility index (Phi) is 5.97. The van der Waals surface area contributed by atoms with Crippen molar-refractivity contribution in [3.8, 4) is 0 Å². The van der Waals surface area contributed by atoms with Gasteiger partial charge in [-0.1, -0.05) is 12.1 Å². The van der Waals surface area contributed by atoms with Gasteiger partial charge in [-0.2, -0.15) is 4.99 Å². The second-order valence-corrected chi connectivity index (χ2v) is 3.89. The molecule has 4 nitrogen and oxygen atoms in total. The van der Waals surface area contributed by atoms with E-state index in [1.807, 2.05) is 0 Å². The van der Waals surface area contributed by atoms with Crippen LogP contribution in [0.3, 0.4) is 0 Å². The van der Waals surface area contributed by atoms with Gasteiger partial charge in [0.15, 0.2) is 0 Å². The molecular formula is C12H16N2O2S. The molecule has 3 N–H and O–H groups in total. The van der Waals surface area contributed by atoms with Crippen molar-refractivity contribution < 1.29 is 10.2 Å². The summed E-state index contributed by atoms with van der Waals surface area (Å²) < 4.78 is 0. The molecule has 1 aromatic rings. The molecule has 0 aliphatic carbocycles. The Morgan fingerprint density at radius 1 is 1.47 bits per heavy atom. The molecule has 0 saturated carbocycles. The minimum atomic E-state index is -0.913. The monoisotopic (exact) mass is 252 g/mol. The van der Waals surface area contributed by atoms with E-state index in [0.29, 0.717) is 24.2 Å². The highest BCUT2D eigenvalue weighted by Crippen LogP contribution is 2.22. The molecule has 0 radical (unpaired) electrons. The van der Waals surface area contributed by atoms with E-state index in [9.17, 15) is 10.2 Å². The van der Waals surface area contributed by atoms with Crippen molar-refractivity contribution in [1.29, 1.82) is 0 Å². The molecule has 1 aromatic carbocycles. The summed E-state index contributed by atoms with van der Waals surface area (Å²) in [5.41, 5.74) is 1.25. The fourth-order valence-electron chi connectivity index (χ4n) is 1.50. The van der Waals surface area contributed by atoms with Crippen LogP contribution < -0.4 is 5.32 Å². The lowest BCUT2D eigenvalue weighted by Crippen LogP contribution is -2.23. The summed E-state index contributed by atoms with van der Waals surface area (Å²) in [6.45, 7) is 0.649. The molecule has 0 amide bonds. The molecule has 5 heteroatoms.